The van der Waals surface area contributed by atoms with Crippen LogP contribution in [0.1, 0.15) is 5.56 Å². The van der Waals surface area contributed by atoms with Gasteiger partial charge in [-0.05, 0) is 24.3 Å². The molecular formula is C23H19N5O2S. The molecule has 0 unspecified atom stereocenters. The van der Waals surface area contributed by atoms with Gasteiger partial charge in [-0.15, -0.1) is 17.9 Å². The van der Waals surface area contributed by atoms with Crippen molar-refractivity contribution in [3.05, 3.63) is 77.1 Å². The van der Waals surface area contributed by atoms with E-state index in [1.807, 2.05) is 58.9 Å². The van der Waals surface area contributed by atoms with E-state index in [1.54, 1.807) is 6.08 Å². The lowest BCUT2D eigenvalue weighted by molar-refractivity contribution is -0.118. The van der Waals surface area contributed by atoms with E-state index in [0.29, 0.717) is 18.0 Å². The first-order valence-electron chi connectivity index (χ1n) is 9.72. The van der Waals surface area contributed by atoms with Crippen molar-refractivity contribution in [1.29, 1.82) is 0 Å². The van der Waals surface area contributed by atoms with Crippen molar-refractivity contribution < 1.29 is 9.53 Å². The second-order valence-corrected chi connectivity index (χ2v) is 7.76. The van der Waals surface area contributed by atoms with Crippen LogP contribution in [0.3, 0.4) is 0 Å². The molecule has 5 rings (SSSR count). The Hall–Kier alpha value is -3.91. The Bertz CT molecular complexity index is 1390. The standard InChI is InChI=1S/C23H19N5O2S/c1-2-9-24-23-28(26-12-16-11-25-18-6-4-3-5-17(16)18)20(14-31-23)15-7-8-21-19(10-15)27-22(29)13-30-21/h2-8,10-12,14,25H,1,9,13H2,(H,27,29). The van der Waals surface area contributed by atoms with Gasteiger partial charge >= 0.3 is 0 Å². The number of anilines is 1. The number of nitrogens with zero attached hydrogens (tertiary/aromatic N) is 3. The number of nitrogens with one attached hydrogen (secondary N) is 2. The quantitative estimate of drug-likeness (QED) is 0.371. The van der Waals surface area contributed by atoms with Crippen molar-refractivity contribution >= 4 is 40.0 Å². The highest BCUT2D eigenvalue weighted by molar-refractivity contribution is 7.07. The number of para-hydroxylation sites is 1. The molecule has 0 atom stereocenters. The zero-order valence-corrected chi connectivity index (χ0v) is 17.4. The zero-order chi connectivity index (χ0) is 21.2. The molecule has 1 amide bonds. The molecule has 0 bridgehead atoms. The minimum atomic E-state index is -0.165. The molecule has 2 aromatic heterocycles. The van der Waals surface area contributed by atoms with Crippen LogP contribution >= 0.6 is 11.3 Å². The lowest BCUT2D eigenvalue weighted by atomic mass is 10.1. The summed E-state index contributed by atoms with van der Waals surface area (Å²) in [5, 5.41) is 10.7. The molecule has 0 aliphatic carbocycles. The second-order valence-electron chi connectivity index (χ2n) is 6.93. The lowest BCUT2D eigenvalue weighted by Gasteiger charge is -2.18. The molecule has 3 heterocycles. The molecule has 8 heteroatoms. The van der Waals surface area contributed by atoms with Gasteiger partial charge in [0.2, 0.25) is 4.80 Å². The van der Waals surface area contributed by atoms with Crippen LogP contribution in [-0.4, -0.2) is 34.9 Å². The third kappa shape index (κ3) is 3.69. The average Bonchev–Trinajstić information content (AvgIpc) is 3.39. The number of thiazole rings is 1. The largest absolute Gasteiger partial charge is 0.482 e. The second kappa shape index (κ2) is 8.08. The molecule has 0 saturated heterocycles. The molecule has 1 aliphatic rings. The van der Waals surface area contributed by atoms with Crippen LogP contribution in [0, 0.1) is 0 Å². The Kier molecular flexibility index (Phi) is 4.97. The average molecular weight is 430 g/mol. The van der Waals surface area contributed by atoms with Crippen molar-refractivity contribution in [2.75, 3.05) is 18.5 Å². The summed E-state index contributed by atoms with van der Waals surface area (Å²) in [6.45, 7) is 4.28. The number of hydrogen-bond donors (Lipinski definition) is 2. The van der Waals surface area contributed by atoms with E-state index >= 15 is 0 Å². The van der Waals surface area contributed by atoms with Gasteiger partial charge in [-0.25, -0.2) is 4.68 Å². The minimum absolute atomic E-state index is 0.0320. The molecule has 2 N–H and O–H groups in total. The number of ether oxygens (including phenoxy) is 1. The van der Waals surface area contributed by atoms with Crippen molar-refractivity contribution in [1.82, 2.24) is 9.66 Å². The molecular weight excluding hydrogens is 410 g/mol. The normalized spacial score (nSPS) is 13.9. The van der Waals surface area contributed by atoms with Gasteiger partial charge in [0.1, 0.15) is 5.75 Å². The number of aromatic nitrogens is 2. The van der Waals surface area contributed by atoms with Gasteiger partial charge < -0.3 is 15.0 Å². The van der Waals surface area contributed by atoms with Crippen LogP contribution in [0.5, 0.6) is 5.75 Å². The van der Waals surface area contributed by atoms with Crippen LogP contribution in [0.15, 0.2) is 76.8 Å². The number of amides is 1. The van der Waals surface area contributed by atoms with Gasteiger partial charge in [-0.3, -0.25) is 9.79 Å². The Morgan fingerprint density at radius 3 is 3.06 bits per heavy atom. The summed E-state index contributed by atoms with van der Waals surface area (Å²) in [6.07, 6.45) is 5.51. The van der Waals surface area contributed by atoms with Crippen LogP contribution in [0.2, 0.25) is 0 Å². The number of carbonyl (C=O) groups excluding carboxylic acids is 1. The minimum Gasteiger partial charge on any atom is -0.482 e. The highest BCUT2D eigenvalue weighted by Gasteiger charge is 2.17. The number of aromatic amines is 1. The van der Waals surface area contributed by atoms with Crippen molar-refractivity contribution in [3.63, 3.8) is 0 Å². The Morgan fingerprint density at radius 1 is 1.26 bits per heavy atom. The van der Waals surface area contributed by atoms with Crippen molar-refractivity contribution in [2.45, 2.75) is 0 Å². The third-order valence-electron chi connectivity index (χ3n) is 4.88. The van der Waals surface area contributed by atoms with E-state index in [-0.39, 0.29) is 12.5 Å². The monoisotopic (exact) mass is 429 g/mol. The Balaban J connectivity index is 1.59. The summed E-state index contributed by atoms with van der Waals surface area (Å²) in [7, 11) is 0. The maximum Gasteiger partial charge on any atom is 0.262 e. The topological polar surface area (TPSA) is 83.8 Å². The number of fused-ring (bicyclic) bond motifs is 2. The summed E-state index contributed by atoms with van der Waals surface area (Å²) < 4.78 is 7.28. The maximum absolute atomic E-state index is 11.7. The highest BCUT2D eigenvalue weighted by atomic mass is 32.1. The summed E-state index contributed by atoms with van der Waals surface area (Å²) in [5.41, 5.74) is 4.46. The molecule has 7 nitrogen and oxygen atoms in total. The summed E-state index contributed by atoms with van der Waals surface area (Å²) in [6, 6.07) is 13.8. The number of hydrogen-bond acceptors (Lipinski definition) is 5. The zero-order valence-electron chi connectivity index (χ0n) is 16.5. The predicted molar refractivity (Wildman–Crippen MR) is 124 cm³/mol. The van der Waals surface area contributed by atoms with Crippen LogP contribution in [0.4, 0.5) is 5.69 Å². The van der Waals surface area contributed by atoms with Gasteiger partial charge in [0.05, 0.1) is 24.1 Å². The van der Waals surface area contributed by atoms with Gasteiger partial charge in [-0.1, -0.05) is 24.3 Å². The summed E-state index contributed by atoms with van der Waals surface area (Å²) >= 11 is 1.50. The van der Waals surface area contributed by atoms with E-state index in [0.717, 1.165) is 32.5 Å². The van der Waals surface area contributed by atoms with E-state index in [1.165, 1.54) is 11.3 Å². The Labute approximate surface area is 182 Å². The van der Waals surface area contributed by atoms with Gasteiger partial charge in [0.25, 0.3) is 5.91 Å². The van der Waals surface area contributed by atoms with E-state index < -0.39 is 0 Å². The molecule has 0 radical (unpaired) electrons. The predicted octanol–water partition coefficient (Wildman–Crippen LogP) is 4.00. The maximum atomic E-state index is 11.7. The molecule has 31 heavy (non-hydrogen) atoms. The molecule has 4 aromatic rings. The fourth-order valence-electron chi connectivity index (χ4n) is 3.42. The molecule has 0 fully saturated rings. The van der Waals surface area contributed by atoms with E-state index in [4.69, 9.17) is 9.84 Å². The van der Waals surface area contributed by atoms with Crippen molar-refractivity contribution in [3.8, 4) is 17.0 Å². The van der Waals surface area contributed by atoms with E-state index in [9.17, 15) is 4.79 Å². The Morgan fingerprint density at radius 2 is 2.16 bits per heavy atom. The van der Waals surface area contributed by atoms with Crippen molar-refractivity contribution in [2.24, 2.45) is 10.1 Å². The highest BCUT2D eigenvalue weighted by Crippen LogP contribution is 2.33. The fourth-order valence-corrected chi connectivity index (χ4v) is 4.27. The van der Waals surface area contributed by atoms with Gasteiger partial charge in [0.15, 0.2) is 6.61 Å². The molecule has 0 saturated carbocycles. The first-order valence-corrected chi connectivity index (χ1v) is 10.6. The summed E-state index contributed by atoms with van der Waals surface area (Å²) in [5.74, 6) is 0.492. The van der Waals surface area contributed by atoms with E-state index in [2.05, 4.69) is 27.9 Å². The number of carbonyl (C=O) groups is 1. The first kappa shape index (κ1) is 19.1. The summed E-state index contributed by atoms with van der Waals surface area (Å²) in [4.78, 5) is 20.3. The SMILES string of the molecule is C=CCN=c1scc(-c2ccc3c(c2)NC(=O)CO3)n1N=Cc1c[nH]c2ccccc12. The lowest BCUT2D eigenvalue weighted by Crippen LogP contribution is -2.25. The number of H-pyrrole nitrogens is 1. The van der Waals surface area contributed by atoms with Crippen LogP contribution in [0.25, 0.3) is 22.2 Å². The van der Waals surface area contributed by atoms with Gasteiger partial charge in [0, 0.05) is 33.6 Å². The molecule has 1 aliphatic heterocycles. The van der Waals surface area contributed by atoms with Crippen LogP contribution < -0.4 is 14.9 Å². The first-order chi connectivity index (χ1) is 15.2. The smallest absolute Gasteiger partial charge is 0.262 e. The molecule has 2 aromatic carbocycles. The number of rotatable bonds is 5. The van der Waals surface area contributed by atoms with Crippen LogP contribution in [-0.2, 0) is 4.79 Å². The van der Waals surface area contributed by atoms with Gasteiger partial charge in [-0.2, -0.15) is 5.10 Å². The number of benzene rings is 2. The molecule has 0 spiro atoms. The molecule has 154 valence electrons. The third-order valence-corrected chi connectivity index (χ3v) is 5.74. The fraction of sp³-hybridized carbons (Fsp3) is 0.0870.